The van der Waals surface area contributed by atoms with Gasteiger partial charge in [0.1, 0.15) is 0 Å². The van der Waals surface area contributed by atoms with Crippen molar-refractivity contribution in [3.63, 3.8) is 0 Å². The number of halogens is 3. The molecule has 0 aromatic carbocycles. The molecule has 94 valence electrons. The minimum absolute atomic E-state index is 0.147. The van der Waals surface area contributed by atoms with E-state index in [2.05, 4.69) is 13.8 Å². The van der Waals surface area contributed by atoms with Crippen molar-refractivity contribution in [2.75, 3.05) is 6.54 Å². The third-order valence-electron chi connectivity index (χ3n) is 3.27. The van der Waals surface area contributed by atoms with Crippen LogP contribution in [0.4, 0.5) is 13.2 Å². The Kier molecular flexibility index (Phi) is 3.86. The van der Waals surface area contributed by atoms with Gasteiger partial charge in [-0.15, -0.1) is 0 Å². The van der Waals surface area contributed by atoms with E-state index in [1.54, 1.807) is 0 Å². The zero-order valence-electron chi connectivity index (χ0n) is 9.66. The summed E-state index contributed by atoms with van der Waals surface area (Å²) < 4.78 is 35.7. The van der Waals surface area contributed by atoms with Gasteiger partial charge in [0, 0.05) is 6.54 Å². The molecule has 1 N–H and O–H groups in total. The number of alkyl halides is 3. The average Bonchev–Trinajstić information content (AvgIpc) is 2.14. The third kappa shape index (κ3) is 4.02. The quantitative estimate of drug-likeness (QED) is 0.786. The van der Waals surface area contributed by atoms with E-state index < -0.39 is 12.1 Å². The normalized spacial score (nSPS) is 21.8. The van der Waals surface area contributed by atoms with Crippen LogP contribution in [0.1, 0.15) is 39.5 Å². The summed E-state index contributed by atoms with van der Waals surface area (Å²) in [4.78, 5) is 10.6. The number of amides is 1. The molecule has 1 fully saturated rings. The molecule has 0 saturated heterocycles. The Morgan fingerprint density at radius 1 is 1.31 bits per heavy atom. The van der Waals surface area contributed by atoms with Gasteiger partial charge in [-0.2, -0.15) is 13.2 Å². The maximum Gasteiger partial charge on any atom is 0.471 e. The first-order valence-corrected chi connectivity index (χ1v) is 5.56. The topological polar surface area (TPSA) is 29.1 Å². The van der Waals surface area contributed by atoms with Gasteiger partial charge in [0.25, 0.3) is 0 Å². The predicted molar refractivity (Wildman–Crippen MR) is 54.8 cm³/mol. The second-order valence-electron chi connectivity index (χ2n) is 5.32. The van der Waals surface area contributed by atoms with Crippen LogP contribution in [-0.2, 0) is 4.79 Å². The van der Waals surface area contributed by atoms with Crippen LogP contribution in [0, 0.1) is 11.3 Å². The summed E-state index contributed by atoms with van der Waals surface area (Å²) in [5, 5.41) is 1.96. The lowest BCUT2D eigenvalue weighted by Crippen LogP contribution is -2.40. The molecule has 0 aromatic rings. The summed E-state index contributed by atoms with van der Waals surface area (Å²) >= 11 is 0. The molecule has 0 aromatic heterocycles. The Bertz CT molecular complexity index is 250. The minimum atomic E-state index is -4.76. The SMILES string of the molecule is CC1(C)CCC(CNC(=O)C(F)(F)F)CC1. The van der Waals surface area contributed by atoms with Gasteiger partial charge in [0.05, 0.1) is 0 Å². The molecule has 0 unspecified atom stereocenters. The van der Waals surface area contributed by atoms with Crippen molar-refractivity contribution in [1.82, 2.24) is 5.32 Å². The fourth-order valence-corrected chi connectivity index (χ4v) is 2.00. The molecule has 16 heavy (non-hydrogen) atoms. The van der Waals surface area contributed by atoms with Crippen molar-refractivity contribution >= 4 is 5.91 Å². The molecule has 1 rings (SSSR count). The van der Waals surface area contributed by atoms with Gasteiger partial charge < -0.3 is 5.32 Å². The largest absolute Gasteiger partial charge is 0.471 e. The molecule has 0 heterocycles. The van der Waals surface area contributed by atoms with Crippen molar-refractivity contribution < 1.29 is 18.0 Å². The second-order valence-corrected chi connectivity index (χ2v) is 5.32. The maximum atomic E-state index is 11.9. The highest BCUT2D eigenvalue weighted by atomic mass is 19.4. The van der Waals surface area contributed by atoms with E-state index in [0.29, 0.717) is 5.41 Å². The molecular formula is C11H18F3NO. The van der Waals surface area contributed by atoms with Crippen LogP contribution in [0.3, 0.4) is 0 Å². The van der Waals surface area contributed by atoms with Crippen LogP contribution in [0.15, 0.2) is 0 Å². The molecule has 1 saturated carbocycles. The number of nitrogens with one attached hydrogen (secondary N) is 1. The minimum Gasteiger partial charge on any atom is -0.348 e. The molecular weight excluding hydrogens is 219 g/mol. The Hall–Kier alpha value is -0.740. The van der Waals surface area contributed by atoms with Gasteiger partial charge in [-0.1, -0.05) is 13.8 Å². The fourth-order valence-electron chi connectivity index (χ4n) is 2.00. The Labute approximate surface area is 93.6 Å². The van der Waals surface area contributed by atoms with Gasteiger partial charge in [-0.05, 0) is 37.0 Å². The summed E-state index contributed by atoms with van der Waals surface area (Å²) in [5.74, 6) is -1.63. The molecule has 0 aliphatic heterocycles. The van der Waals surface area contributed by atoms with Gasteiger partial charge in [0.15, 0.2) is 0 Å². The molecule has 1 amide bonds. The zero-order valence-corrected chi connectivity index (χ0v) is 9.66. The van der Waals surface area contributed by atoms with E-state index in [4.69, 9.17) is 0 Å². The van der Waals surface area contributed by atoms with Crippen LogP contribution in [-0.4, -0.2) is 18.6 Å². The number of hydrogen-bond acceptors (Lipinski definition) is 1. The first kappa shape index (κ1) is 13.3. The first-order valence-electron chi connectivity index (χ1n) is 5.56. The highest BCUT2D eigenvalue weighted by Gasteiger charge is 2.38. The monoisotopic (exact) mass is 237 g/mol. The second kappa shape index (κ2) is 4.63. The molecule has 0 bridgehead atoms. The van der Waals surface area contributed by atoms with Crippen molar-refractivity contribution in [2.24, 2.45) is 11.3 Å². The summed E-state index contributed by atoms with van der Waals surface area (Å²) in [6.45, 7) is 4.48. The van der Waals surface area contributed by atoms with E-state index in [-0.39, 0.29) is 12.5 Å². The predicted octanol–water partition coefficient (Wildman–Crippen LogP) is 2.88. The summed E-state index contributed by atoms with van der Waals surface area (Å²) in [6.07, 6.45) is -0.941. The molecule has 1 aliphatic carbocycles. The lowest BCUT2D eigenvalue weighted by molar-refractivity contribution is -0.173. The zero-order chi connectivity index (χ0) is 12.4. The molecule has 1 aliphatic rings. The van der Waals surface area contributed by atoms with Gasteiger partial charge in [-0.3, -0.25) is 4.79 Å². The number of carbonyl (C=O) groups excluding carboxylic acids is 1. The summed E-state index contributed by atoms with van der Waals surface area (Å²) in [5.41, 5.74) is 0.296. The van der Waals surface area contributed by atoms with E-state index in [1.807, 2.05) is 5.32 Å². The molecule has 0 atom stereocenters. The summed E-state index contributed by atoms with van der Waals surface area (Å²) in [7, 11) is 0. The van der Waals surface area contributed by atoms with Gasteiger partial charge in [-0.25, -0.2) is 0 Å². The number of carbonyl (C=O) groups is 1. The standard InChI is InChI=1S/C11H18F3NO/c1-10(2)5-3-8(4-6-10)7-15-9(16)11(12,13)14/h8H,3-7H2,1-2H3,(H,15,16). The molecule has 0 spiro atoms. The van der Waals surface area contributed by atoms with Crippen LogP contribution < -0.4 is 5.32 Å². The molecule has 5 heteroatoms. The Morgan fingerprint density at radius 3 is 2.25 bits per heavy atom. The van der Waals surface area contributed by atoms with Crippen LogP contribution >= 0.6 is 0 Å². The lowest BCUT2D eigenvalue weighted by Gasteiger charge is -2.34. The van der Waals surface area contributed by atoms with Crippen molar-refractivity contribution in [3.8, 4) is 0 Å². The number of hydrogen-bond donors (Lipinski definition) is 1. The average molecular weight is 237 g/mol. The Morgan fingerprint density at radius 2 is 1.81 bits per heavy atom. The molecule has 0 radical (unpaired) electrons. The van der Waals surface area contributed by atoms with Crippen LogP contribution in [0.2, 0.25) is 0 Å². The highest BCUT2D eigenvalue weighted by Crippen LogP contribution is 2.37. The Balaban J connectivity index is 2.28. The number of rotatable bonds is 2. The first-order chi connectivity index (χ1) is 7.21. The summed E-state index contributed by atoms with van der Waals surface area (Å²) in [6, 6.07) is 0. The molecule has 2 nitrogen and oxygen atoms in total. The van der Waals surface area contributed by atoms with Crippen molar-refractivity contribution in [1.29, 1.82) is 0 Å². The van der Waals surface area contributed by atoms with Gasteiger partial charge in [0.2, 0.25) is 0 Å². The van der Waals surface area contributed by atoms with E-state index in [1.165, 1.54) is 0 Å². The van der Waals surface area contributed by atoms with Crippen LogP contribution in [0.25, 0.3) is 0 Å². The van der Waals surface area contributed by atoms with Crippen molar-refractivity contribution in [2.45, 2.75) is 45.7 Å². The third-order valence-corrected chi connectivity index (χ3v) is 3.27. The van der Waals surface area contributed by atoms with Crippen molar-refractivity contribution in [3.05, 3.63) is 0 Å². The van der Waals surface area contributed by atoms with E-state index in [0.717, 1.165) is 25.7 Å². The van der Waals surface area contributed by atoms with Crippen LogP contribution in [0.5, 0.6) is 0 Å². The lowest BCUT2D eigenvalue weighted by atomic mass is 9.73. The van der Waals surface area contributed by atoms with Gasteiger partial charge >= 0.3 is 12.1 Å². The van der Waals surface area contributed by atoms with E-state index >= 15 is 0 Å². The van der Waals surface area contributed by atoms with E-state index in [9.17, 15) is 18.0 Å². The fraction of sp³-hybridized carbons (Fsp3) is 0.909. The maximum absolute atomic E-state index is 11.9. The highest BCUT2D eigenvalue weighted by molar-refractivity contribution is 5.81. The smallest absolute Gasteiger partial charge is 0.348 e.